The average molecular weight is 240 g/mol. The third-order valence-electron chi connectivity index (χ3n) is 2.10. The first-order valence-corrected chi connectivity index (χ1v) is 5.55. The molecule has 94 valence electrons. The van der Waals surface area contributed by atoms with Crippen LogP contribution in [-0.2, 0) is 4.74 Å². The van der Waals surface area contributed by atoms with Gasteiger partial charge in [0.25, 0.3) is 5.91 Å². The Labute approximate surface area is 100.0 Å². The molecule has 0 unspecified atom stereocenters. The topological polar surface area (TPSA) is 64.3 Å². The van der Waals surface area contributed by atoms with E-state index in [-0.39, 0.29) is 5.91 Å². The summed E-state index contributed by atoms with van der Waals surface area (Å²) in [6, 6.07) is 5.59. The Balaban J connectivity index is 2.21. The summed E-state index contributed by atoms with van der Waals surface area (Å²) in [5.41, 5.74) is 5.58. The minimum atomic E-state index is -0.413. The highest BCUT2D eigenvalue weighted by Crippen LogP contribution is 2.02. The van der Waals surface area contributed by atoms with Gasteiger partial charge in [0.2, 0.25) is 0 Å². The number of nitrogens with two attached hydrogens (primary N) is 1. The third-order valence-corrected chi connectivity index (χ3v) is 2.10. The number of rotatable bonds is 7. The van der Waals surface area contributed by atoms with Crippen LogP contribution in [0.1, 0.15) is 16.8 Å². The van der Waals surface area contributed by atoms with Crippen molar-refractivity contribution >= 4 is 5.91 Å². The highest BCUT2D eigenvalue weighted by atomic mass is 19.1. The molecule has 0 bridgehead atoms. The molecular weight excluding hydrogens is 223 g/mol. The third kappa shape index (κ3) is 5.42. The summed E-state index contributed by atoms with van der Waals surface area (Å²) in [6.07, 6.45) is 0.709. The van der Waals surface area contributed by atoms with Gasteiger partial charge in [-0.3, -0.25) is 4.79 Å². The zero-order valence-corrected chi connectivity index (χ0v) is 9.62. The number of amides is 1. The molecule has 5 heteroatoms. The van der Waals surface area contributed by atoms with Crippen LogP contribution in [0.15, 0.2) is 24.3 Å². The summed E-state index contributed by atoms with van der Waals surface area (Å²) >= 11 is 0. The van der Waals surface area contributed by atoms with Crippen LogP contribution in [0.4, 0.5) is 4.39 Å². The first kappa shape index (κ1) is 13.6. The zero-order chi connectivity index (χ0) is 12.5. The summed E-state index contributed by atoms with van der Waals surface area (Å²) in [5, 5.41) is 2.69. The molecule has 0 fully saturated rings. The maximum atomic E-state index is 12.8. The van der Waals surface area contributed by atoms with Gasteiger partial charge in [0, 0.05) is 25.3 Å². The summed E-state index contributed by atoms with van der Waals surface area (Å²) in [6.45, 7) is 2.08. The molecule has 0 atom stereocenters. The van der Waals surface area contributed by atoms with E-state index in [0.717, 1.165) is 0 Å². The van der Waals surface area contributed by atoms with E-state index in [1.165, 1.54) is 18.2 Å². The fourth-order valence-electron chi connectivity index (χ4n) is 1.29. The fraction of sp³-hybridized carbons (Fsp3) is 0.417. The number of benzene rings is 1. The number of carbonyl (C=O) groups excluding carboxylic acids is 1. The van der Waals surface area contributed by atoms with Gasteiger partial charge >= 0.3 is 0 Å². The summed E-state index contributed by atoms with van der Waals surface area (Å²) < 4.78 is 18.0. The van der Waals surface area contributed by atoms with E-state index in [4.69, 9.17) is 10.5 Å². The molecule has 0 heterocycles. The van der Waals surface area contributed by atoms with Crippen LogP contribution >= 0.6 is 0 Å². The summed E-state index contributed by atoms with van der Waals surface area (Å²) in [5.74, 6) is -0.688. The van der Waals surface area contributed by atoms with Crippen LogP contribution in [-0.4, -0.2) is 32.2 Å². The van der Waals surface area contributed by atoms with Gasteiger partial charge in [-0.2, -0.15) is 0 Å². The van der Waals surface area contributed by atoms with E-state index in [2.05, 4.69) is 5.32 Å². The first-order chi connectivity index (χ1) is 8.24. The van der Waals surface area contributed by atoms with Gasteiger partial charge in [0.15, 0.2) is 0 Å². The summed E-state index contributed by atoms with van der Waals surface area (Å²) in [4.78, 5) is 11.5. The lowest BCUT2D eigenvalue weighted by atomic mass is 10.2. The predicted octanol–water partition coefficient (Wildman–Crippen LogP) is 0.921. The second-order valence-corrected chi connectivity index (χ2v) is 3.52. The second-order valence-electron chi connectivity index (χ2n) is 3.52. The van der Waals surface area contributed by atoms with Gasteiger partial charge in [0.1, 0.15) is 5.82 Å². The minimum absolute atomic E-state index is 0.275. The molecule has 1 aromatic rings. The van der Waals surface area contributed by atoms with Crippen molar-refractivity contribution in [3.8, 4) is 0 Å². The Morgan fingerprint density at radius 2 is 2.24 bits per heavy atom. The lowest BCUT2D eigenvalue weighted by Crippen LogP contribution is -2.25. The molecule has 1 rings (SSSR count). The molecule has 0 aliphatic rings. The van der Waals surface area contributed by atoms with Crippen LogP contribution in [0.25, 0.3) is 0 Å². The van der Waals surface area contributed by atoms with Crippen LogP contribution in [0, 0.1) is 5.82 Å². The van der Waals surface area contributed by atoms with Gasteiger partial charge in [0.05, 0.1) is 6.61 Å². The molecule has 0 radical (unpaired) electrons. The smallest absolute Gasteiger partial charge is 0.251 e. The first-order valence-electron chi connectivity index (χ1n) is 5.55. The van der Waals surface area contributed by atoms with Crippen molar-refractivity contribution < 1.29 is 13.9 Å². The van der Waals surface area contributed by atoms with Crippen LogP contribution < -0.4 is 11.1 Å². The number of ether oxygens (including phenoxy) is 1. The van der Waals surface area contributed by atoms with Gasteiger partial charge in [-0.05, 0) is 24.6 Å². The average Bonchev–Trinajstić information content (AvgIpc) is 2.33. The number of hydrogen-bond donors (Lipinski definition) is 2. The van der Waals surface area contributed by atoms with Gasteiger partial charge in [-0.1, -0.05) is 6.07 Å². The summed E-state index contributed by atoms with van der Waals surface area (Å²) in [7, 11) is 0. The molecule has 0 spiro atoms. The van der Waals surface area contributed by atoms with E-state index in [1.54, 1.807) is 6.07 Å². The molecule has 1 aromatic carbocycles. The molecular formula is C12H17FN2O2. The van der Waals surface area contributed by atoms with Gasteiger partial charge < -0.3 is 15.8 Å². The van der Waals surface area contributed by atoms with E-state index in [0.29, 0.717) is 38.3 Å². The largest absolute Gasteiger partial charge is 0.380 e. The van der Waals surface area contributed by atoms with Crippen molar-refractivity contribution in [2.45, 2.75) is 6.42 Å². The van der Waals surface area contributed by atoms with Crippen molar-refractivity contribution in [2.24, 2.45) is 5.73 Å². The number of halogens is 1. The Bertz CT molecular complexity index is 358. The normalized spacial score (nSPS) is 10.2. The number of nitrogens with one attached hydrogen (secondary N) is 1. The Morgan fingerprint density at radius 3 is 2.94 bits per heavy atom. The Morgan fingerprint density at radius 1 is 1.41 bits per heavy atom. The Hall–Kier alpha value is -1.46. The standard InChI is InChI=1S/C12H17FN2O2/c13-11-4-1-3-10(9-11)12(16)15-6-2-7-17-8-5-14/h1,3-4,9H,2,5-8,14H2,(H,15,16). The van der Waals surface area contributed by atoms with Crippen LogP contribution in [0.3, 0.4) is 0 Å². The monoisotopic (exact) mass is 240 g/mol. The molecule has 0 aliphatic carbocycles. The van der Waals surface area contributed by atoms with E-state index < -0.39 is 5.82 Å². The van der Waals surface area contributed by atoms with E-state index in [1.807, 2.05) is 0 Å². The van der Waals surface area contributed by atoms with E-state index in [9.17, 15) is 9.18 Å². The lowest BCUT2D eigenvalue weighted by Gasteiger charge is -2.05. The molecule has 0 saturated heterocycles. The van der Waals surface area contributed by atoms with Gasteiger partial charge in [-0.15, -0.1) is 0 Å². The number of carbonyl (C=O) groups is 1. The quantitative estimate of drug-likeness (QED) is 0.697. The SMILES string of the molecule is NCCOCCCNC(=O)c1cccc(F)c1. The number of hydrogen-bond acceptors (Lipinski definition) is 3. The van der Waals surface area contributed by atoms with Crippen LogP contribution in [0.5, 0.6) is 0 Å². The fourth-order valence-corrected chi connectivity index (χ4v) is 1.29. The lowest BCUT2D eigenvalue weighted by molar-refractivity contribution is 0.0942. The van der Waals surface area contributed by atoms with Crippen molar-refractivity contribution in [1.29, 1.82) is 0 Å². The molecule has 4 nitrogen and oxygen atoms in total. The zero-order valence-electron chi connectivity index (χ0n) is 9.62. The molecule has 0 saturated carbocycles. The molecule has 3 N–H and O–H groups in total. The highest BCUT2D eigenvalue weighted by molar-refractivity contribution is 5.94. The molecule has 17 heavy (non-hydrogen) atoms. The maximum Gasteiger partial charge on any atom is 0.251 e. The van der Waals surface area contributed by atoms with Crippen molar-refractivity contribution in [3.05, 3.63) is 35.6 Å². The van der Waals surface area contributed by atoms with Crippen LogP contribution in [0.2, 0.25) is 0 Å². The highest BCUT2D eigenvalue weighted by Gasteiger charge is 2.04. The maximum absolute atomic E-state index is 12.8. The van der Waals surface area contributed by atoms with Crippen molar-refractivity contribution in [3.63, 3.8) is 0 Å². The Kier molecular flexibility index (Phi) is 6.21. The van der Waals surface area contributed by atoms with Crippen molar-refractivity contribution in [2.75, 3.05) is 26.3 Å². The van der Waals surface area contributed by atoms with Gasteiger partial charge in [-0.25, -0.2) is 4.39 Å². The molecule has 0 aliphatic heterocycles. The molecule has 1 amide bonds. The van der Waals surface area contributed by atoms with Crippen molar-refractivity contribution in [1.82, 2.24) is 5.32 Å². The minimum Gasteiger partial charge on any atom is -0.380 e. The predicted molar refractivity (Wildman–Crippen MR) is 63.2 cm³/mol. The van der Waals surface area contributed by atoms with E-state index >= 15 is 0 Å². The molecule has 0 aromatic heterocycles. The second kappa shape index (κ2) is 7.76.